The zero-order chi connectivity index (χ0) is 14.4. The molecule has 4 heteroatoms. The summed E-state index contributed by atoms with van der Waals surface area (Å²) in [7, 11) is 1.58. The van der Waals surface area contributed by atoms with E-state index in [2.05, 4.69) is 11.4 Å². The highest BCUT2D eigenvalue weighted by Crippen LogP contribution is 2.26. The van der Waals surface area contributed by atoms with Crippen LogP contribution in [0, 0.1) is 11.3 Å². The lowest BCUT2D eigenvalue weighted by molar-refractivity contribution is 0.276. The normalized spacial score (nSPS) is 11.4. The Hall–Kier alpha value is -2.51. The SMILES string of the molecule is COc1ccc(C#N)c(NC(CO)c2ccccc2)c1. The monoisotopic (exact) mass is 268 g/mol. The van der Waals surface area contributed by atoms with Crippen molar-refractivity contribution >= 4 is 5.69 Å². The molecule has 0 bridgehead atoms. The predicted octanol–water partition coefficient (Wildman–Crippen LogP) is 2.71. The van der Waals surface area contributed by atoms with E-state index >= 15 is 0 Å². The molecule has 0 saturated heterocycles. The third-order valence-corrected chi connectivity index (χ3v) is 3.06. The summed E-state index contributed by atoms with van der Waals surface area (Å²) in [4.78, 5) is 0. The van der Waals surface area contributed by atoms with E-state index in [1.54, 1.807) is 25.3 Å². The standard InChI is InChI=1S/C16H16N2O2/c1-20-14-8-7-13(10-17)15(9-14)18-16(11-19)12-5-3-2-4-6-12/h2-9,16,18-19H,11H2,1H3. The van der Waals surface area contributed by atoms with Crippen molar-refractivity contribution in [3.63, 3.8) is 0 Å². The molecule has 0 fully saturated rings. The summed E-state index contributed by atoms with van der Waals surface area (Å²) >= 11 is 0. The highest BCUT2D eigenvalue weighted by molar-refractivity contribution is 5.61. The minimum Gasteiger partial charge on any atom is -0.497 e. The van der Waals surface area contributed by atoms with E-state index in [0.29, 0.717) is 17.0 Å². The summed E-state index contributed by atoms with van der Waals surface area (Å²) in [5, 5.41) is 21.9. The van der Waals surface area contributed by atoms with Crippen LogP contribution in [0.2, 0.25) is 0 Å². The lowest BCUT2D eigenvalue weighted by Crippen LogP contribution is -2.15. The number of aliphatic hydroxyl groups is 1. The molecule has 0 heterocycles. The van der Waals surface area contributed by atoms with Gasteiger partial charge in [0, 0.05) is 6.07 Å². The fraction of sp³-hybridized carbons (Fsp3) is 0.188. The molecule has 0 aliphatic carbocycles. The molecule has 102 valence electrons. The molecule has 2 aromatic carbocycles. The van der Waals surface area contributed by atoms with Gasteiger partial charge in [0.15, 0.2) is 0 Å². The number of hydrogen-bond acceptors (Lipinski definition) is 4. The number of methoxy groups -OCH3 is 1. The molecule has 0 saturated carbocycles. The van der Waals surface area contributed by atoms with Gasteiger partial charge in [-0.1, -0.05) is 30.3 Å². The third-order valence-electron chi connectivity index (χ3n) is 3.06. The summed E-state index contributed by atoms with van der Waals surface area (Å²) in [5.41, 5.74) is 2.12. The number of benzene rings is 2. The molecule has 0 amide bonds. The van der Waals surface area contributed by atoms with Gasteiger partial charge in [0.05, 0.1) is 31.0 Å². The topological polar surface area (TPSA) is 65.3 Å². The summed E-state index contributed by atoms with van der Waals surface area (Å²) < 4.78 is 5.16. The zero-order valence-electron chi connectivity index (χ0n) is 11.2. The Morgan fingerprint density at radius 3 is 2.60 bits per heavy atom. The summed E-state index contributed by atoms with van der Waals surface area (Å²) in [6, 6.07) is 16.7. The van der Waals surface area contributed by atoms with Crippen LogP contribution in [0.3, 0.4) is 0 Å². The molecule has 0 aliphatic heterocycles. The van der Waals surface area contributed by atoms with Crippen LogP contribution in [-0.2, 0) is 0 Å². The molecule has 4 nitrogen and oxygen atoms in total. The van der Waals surface area contributed by atoms with E-state index in [1.165, 1.54) is 0 Å². The average molecular weight is 268 g/mol. The minimum absolute atomic E-state index is 0.0634. The van der Waals surface area contributed by atoms with Gasteiger partial charge in [-0.25, -0.2) is 0 Å². The lowest BCUT2D eigenvalue weighted by Gasteiger charge is -2.19. The summed E-state index contributed by atoms with van der Waals surface area (Å²) in [6.07, 6.45) is 0. The highest BCUT2D eigenvalue weighted by atomic mass is 16.5. The smallest absolute Gasteiger partial charge is 0.121 e. The van der Waals surface area contributed by atoms with Crippen molar-refractivity contribution in [3.8, 4) is 11.8 Å². The first kappa shape index (κ1) is 13.9. The van der Waals surface area contributed by atoms with Crippen molar-refractivity contribution in [1.29, 1.82) is 5.26 Å². The maximum Gasteiger partial charge on any atom is 0.121 e. The maximum atomic E-state index is 9.55. The van der Waals surface area contributed by atoms with E-state index in [-0.39, 0.29) is 12.6 Å². The zero-order valence-corrected chi connectivity index (χ0v) is 11.2. The van der Waals surface area contributed by atoms with E-state index in [4.69, 9.17) is 10.00 Å². The van der Waals surface area contributed by atoms with Crippen molar-refractivity contribution in [2.24, 2.45) is 0 Å². The molecule has 0 radical (unpaired) electrons. The minimum atomic E-state index is -0.268. The van der Waals surface area contributed by atoms with E-state index < -0.39 is 0 Å². The van der Waals surface area contributed by atoms with Crippen LogP contribution in [0.15, 0.2) is 48.5 Å². The van der Waals surface area contributed by atoms with Crippen LogP contribution in [0.1, 0.15) is 17.2 Å². The third kappa shape index (κ3) is 3.08. The Kier molecular flexibility index (Phi) is 4.59. The number of rotatable bonds is 5. The Morgan fingerprint density at radius 2 is 2.00 bits per heavy atom. The molecule has 2 aromatic rings. The van der Waals surface area contributed by atoms with Crippen LogP contribution < -0.4 is 10.1 Å². The van der Waals surface area contributed by atoms with Crippen molar-refractivity contribution in [1.82, 2.24) is 0 Å². The Morgan fingerprint density at radius 1 is 1.25 bits per heavy atom. The lowest BCUT2D eigenvalue weighted by atomic mass is 10.1. The predicted molar refractivity (Wildman–Crippen MR) is 77.6 cm³/mol. The van der Waals surface area contributed by atoms with Crippen molar-refractivity contribution in [2.45, 2.75) is 6.04 Å². The van der Waals surface area contributed by atoms with Gasteiger partial charge in [0.1, 0.15) is 11.8 Å². The largest absolute Gasteiger partial charge is 0.497 e. The van der Waals surface area contributed by atoms with E-state index in [1.807, 2.05) is 30.3 Å². The second kappa shape index (κ2) is 6.60. The quantitative estimate of drug-likeness (QED) is 0.875. The molecular weight excluding hydrogens is 252 g/mol. The van der Waals surface area contributed by atoms with Gasteiger partial charge in [0.25, 0.3) is 0 Å². The van der Waals surface area contributed by atoms with Crippen LogP contribution in [-0.4, -0.2) is 18.8 Å². The molecular formula is C16H16N2O2. The summed E-state index contributed by atoms with van der Waals surface area (Å²) in [5.74, 6) is 0.663. The number of nitrogens with zero attached hydrogens (tertiary/aromatic N) is 1. The number of nitriles is 1. The molecule has 2 N–H and O–H groups in total. The number of nitrogens with one attached hydrogen (secondary N) is 1. The second-order valence-corrected chi connectivity index (χ2v) is 4.31. The molecule has 1 atom stereocenters. The van der Waals surface area contributed by atoms with Gasteiger partial charge in [0.2, 0.25) is 0 Å². The molecule has 0 spiro atoms. The van der Waals surface area contributed by atoms with E-state index in [9.17, 15) is 5.11 Å². The molecule has 1 unspecified atom stereocenters. The van der Waals surface area contributed by atoms with Crippen LogP contribution in [0.25, 0.3) is 0 Å². The van der Waals surface area contributed by atoms with Crippen LogP contribution in [0.5, 0.6) is 5.75 Å². The number of anilines is 1. The van der Waals surface area contributed by atoms with Gasteiger partial charge in [-0.3, -0.25) is 0 Å². The fourth-order valence-electron chi connectivity index (χ4n) is 1.97. The molecule has 20 heavy (non-hydrogen) atoms. The number of aliphatic hydroxyl groups excluding tert-OH is 1. The first-order chi connectivity index (χ1) is 9.78. The van der Waals surface area contributed by atoms with Crippen molar-refractivity contribution in [3.05, 3.63) is 59.7 Å². The second-order valence-electron chi connectivity index (χ2n) is 4.31. The van der Waals surface area contributed by atoms with Gasteiger partial charge in [-0.15, -0.1) is 0 Å². The average Bonchev–Trinajstić information content (AvgIpc) is 2.53. The Balaban J connectivity index is 2.30. The van der Waals surface area contributed by atoms with Crippen molar-refractivity contribution in [2.75, 3.05) is 19.0 Å². The maximum absolute atomic E-state index is 9.55. The first-order valence-corrected chi connectivity index (χ1v) is 6.29. The molecule has 2 rings (SSSR count). The van der Waals surface area contributed by atoms with Crippen LogP contribution >= 0.6 is 0 Å². The molecule has 0 aromatic heterocycles. The van der Waals surface area contributed by atoms with Gasteiger partial charge >= 0.3 is 0 Å². The molecule has 0 aliphatic rings. The van der Waals surface area contributed by atoms with Crippen LogP contribution in [0.4, 0.5) is 5.69 Å². The highest BCUT2D eigenvalue weighted by Gasteiger charge is 2.12. The Labute approximate surface area is 118 Å². The van der Waals surface area contributed by atoms with E-state index in [0.717, 1.165) is 5.56 Å². The van der Waals surface area contributed by atoms with Gasteiger partial charge in [-0.2, -0.15) is 5.26 Å². The van der Waals surface area contributed by atoms with Crippen molar-refractivity contribution < 1.29 is 9.84 Å². The number of ether oxygens (including phenoxy) is 1. The first-order valence-electron chi connectivity index (χ1n) is 6.29. The van der Waals surface area contributed by atoms with Gasteiger partial charge < -0.3 is 15.2 Å². The van der Waals surface area contributed by atoms with Gasteiger partial charge in [-0.05, 0) is 17.7 Å². The fourth-order valence-corrected chi connectivity index (χ4v) is 1.97. The Bertz CT molecular complexity index is 606. The summed E-state index contributed by atoms with van der Waals surface area (Å²) in [6.45, 7) is -0.0634. The number of hydrogen-bond donors (Lipinski definition) is 2.